The van der Waals surface area contributed by atoms with Gasteiger partial charge in [0.05, 0.1) is 6.26 Å². The molecule has 1 N–H and O–H groups in total. The molecular formula is C7H6N2O3. The highest BCUT2D eigenvalue weighted by Crippen LogP contribution is 2.14. The van der Waals surface area contributed by atoms with E-state index in [1.165, 1.54) is 18.7 Å². The third kappa shape index (κ3) is 0.833. The third-order valence-corrected chi connectivity index (χ3v) is 1.51. The summed E-state index contributed by atoms with van der Waals surface area (Å²) in [6, 6.07) is 3.23. The second-order valence-electron chi connectivity index (χ2n) is 2.27. The number of rotatable bonds is 1. The molecule has 0 atom stereocenters. The van der Waals surface area contributed by atoms with Crippen molar-refractivity contribution in [3.63, 3.8) is 0 Å². The zero-order valence-corrected chi connectivity index (χ0v) is 6.04. The zero-order chi connectivity index (χ0) is 8.55. The van der Waals surface area contributed by atoms with E-state index >= 15 is 0 Å². The molecule has 2 aromatic rings. The summed E-state index contributed by atoms with van der Waals surface area (Å²) in [6.45, 7) is 0. The minimum absolute atomic E-state index is 0.0694. The van der Waals surface area contributed by atoms with E-state index in [9.17, 15) is 5.21 Å². The van der Waals surface area contributed by atoms with E-state index in [2.05, 4.69) is 0 Å². The topological polar surface area (TPSA) is 65.2 Å². The Morgan fingerprint density at radius 1 is 1.58 bits per heavy atom. The minimum atomic E-state index is 0.0694. The quantitative estimate of drug-likeness (QED) is 0.383. The van der Waals surface area contributed by atoms with Crippen molar-refractivity contribution in [2.75, 3.05) is 0 Å². The molecule has 12 heavy (non-hydrogen) atoms. The van der Waals surface area contributed by atoms with Crippen molar-refractivity contribution in [2.45, 2.75) is 0 Å². The first-order chi connectivity index (χ1) is 5.79. The Morgan fingerprint density at radius 2 is 2.42 bits per heavy atom. The van der Waals surface area contributed by atoms with Crippen molar-refractivity contribution in [2.24, 2.45) is 0 Å². The van der Waals surface area contributed by atoms with Crippen LogP contribution in [0.4, 0.5) is 0 Å². The van der Waals surface area contributed by atoms with Crippen LogP contribution in [0, 0.1) is 5.21 Å². The van der Waals surface area contributed by atoms with Crippen LogP contribution in [0.2, 0.25) is 0 Å². The van der Waals surface area contributed by atoms with Crippen molar-refractivity contribution in [3.8, 4) is 11.6 Å². The van der Waals surface area contributed by atoms with E-state index in [0.717, 1.165) is 0 Å². The maximum absolute atomic E-state index is 11.0. The van der Waals surface area contributed by atoms with E-state index in [1.54, 1.807) is 12.1 Å². The fourth-order valence-electron chi connectivity index (χ4n) is 0.993. The van der Waals surface area contributed by atoms with E-state index < -0.39 is 0 Å². The average Bonchev–Trinajstić information content (AvgIpc) is 2.61. The number of hydrogen-bond donors (Lipinski definition) is 1. The first-order valence-electron chi connectivity index (χ1n) is 3.32. The highest BCUT2D eigenvalue weighted by Gasteiger charge is 2.17. The number of aromatic nitrogens is 2. The van der Waals surface area contributed by atoms with Crippen LogP contribution in [-0.4, -0.2) is 9.94 Å². The Morgan fingerprint density at radius 3 is 2.92 bits per heavy atom. The van der Waals surface area contributed by atoms with Gasteiger partial charge in [0.1, 0.15) is 6.20 Å². The summed E-state index contributed by atoms with van der Waals surface area (Å²) < 4.78 is 6.18. The molecule has 0 radical (unpaired) electrons. The van der Waals surface area contributed by atoms with E-state index in [0.29, 0.717) is 15.2 Å². The molecule has 0 saturated heterocycles. The van der Waals surface area contributed by atoms with Gasteiger partial charge in [-0.2, -0.15) is 0 Å². The van der Waals surface area contributed by atoms with E-state index in [4.69, 9.17) is 9.62 Å². The van der Waals surface area contributed by atoms with E-state index in [1.807, 2.05) is 0 Å². The highest BCUT2D eigenvalue weighted by atomic mass is 16.5. The Bertz CT molecular complexity index is 358. The molecule has 0 amide bonds. The molecule has 0 aliphatic carbocycles. The number of nitrogens with zero attached hydrogens (tertiary/aromatic N) is 2. The third-order valence-electron chi connectivity index (χ3n) is 1.51. The number of hydrogen-bond acceptors (Lipinski definition) is 3. The molecule has 0 saturated carbocycles. The van der Waals surface area contributed by atoms with Gasteiger partial charge >= 0.3 is 5.82 Å². The maximum Gasteiger partial charge on any atom is 0.367 e. The molecule has 0 aliphatic rings. The first kappa shape index (κ1) is 6.78. The van der Waals surface area contributed by atoms with Gasteiger partial charge < -0.3 is 14.8 Å². The van der Waals surface area contributed by atoms with Gasteiger partial charge in [-0.3, -0.25) is 0 Å². The summed E-state index contributed by atoms with van der Waals surface area (Å²) >= 11 is 0. The highest BCUT2D eigenvalue weighted by molar-refractivity contribution is 5.42. The summed E-state index contributed by atoms with van der Waals surface area (Å²) in [7, 11) is 0. The lowest BCUT2D eigenvalue weighted by molar-refractivity contribution is -0.594. The maximum atomic E-state index is 11.0. The van der Waals surface area contributed by atoms with Crippen molar-refractivity contribution in [1.29, 1.82) is 0 Å². The first-order valence-corrected chi connectivity index (χ1v) is 3.32. The lowest BCUT2D eigenvalue weighted by Gasteiger charge is -1.97. The van der Waals surface area contributed by atoms with Gasteiger partial charge in [0.25, 0.3) is 0 Å². The molecule has 0 unspecified atom stereocenters. The lowest BCUT2D eigenvalue weighted by atomic mass is 10.4. The molecule has 0 fully saturated rings. The second-order valence-corrected chi connectivity index (χ2v) is 2.27. The Balaban J connectivity index is 2.60. The summed E-state index contributed by atoms with van der Waals surface area (Å²) in [4.78, 5) is 0. The zero-order valence-electron chi connectivity index (χ0n) is 6.04. The fraction of sp³-hybridized carbons (Fsp3) is 0. The van der Waals surface area contributed by atoms with Crippen LogP contribution < -0.4 is 4.73 Å². The van der Waals surface area contributed by atoms with Gasteiger partial charge in [0.2, 0.25) is 5.76 Å². The van der Waals surface area contributed by atoms with Crippen molar-refractivity contribution in [3.05, 3.63) is 36.0 Å². The van der Waals surface area contributed by atoms with Crippen molar-refractivity contribution >= 4 is 0 Å². The monoisotopic (exact) mass is 166 g/mol. The Kier molecular flexibility index (Phi) is 1.30. The Hall–Kier alpha value is -1.91. The van der Waals surface area contributed by atoms with Crippen LogP contribution in [-0.2, 0) is 0 Å². The fourth-order valence-corrected chi connectivity index (χ4v) is 0.993. The van der Waals surface area contributed by atoms with Crippen molar-refractivity contribution in [1.82, 2.24) is 4.73 Å². The van der Waals surface area contributed by atoms with Crippen LogP contribution in [0.15, 0.2) is 35.2 Å². The summed E-state index contributed by atoms with van der Waals surface area (Å²) in [5.41, 5.74) is 0. The minimum Gasteiger partial charge on any atom is -0.710 e. The summed E-state index contributed by atoms with van der Waals surface area (Å²) in [5, 5.41) is 20.2. The number of imidazole rings is 1. The SMILES string of the molecule is [O-][n+]1ccn(O)c1-c1ccco1. The molecular weight excluding hydrogens is 160 g/mol. The smallest absolute Gasteiger partial charge is 0.367 e. The lowest BCUT2D eigenvalue weighted by Crippen LogP contribution is -2.26. The molecule has 5 nitrogen and oxygen atoms in total. The van der Waals surface area contributed by atoms with Crippen LogP contribution in [0.3, 0.4) is 0 Å². The predicted octanol–water partition coefficient (Wildman–Crippen LogP) is 0.619. The molecule has 0 bridgehead atoms. The molecule has 0 aliphatic heterocycles. The number of furan rings is 1. The van der Waals surface area contributed by atoms with Gasteiger partial charge in [-0.15, -0.1) is 0 Å². The second kappa shape index (κ2) is 2.30. The van der Waals surface area contributed by atoms with Gasteiger partial charge in [0.15, 0.2) is 6.20 Å². The summed E-state index contributed by atoms with van der Waals surface area (Å²) in [5.74, 6) is 0.400. The molecule has 0 spiro atoms. The van der Waals surface area contributed by atoms with Crippen molar-refractivity contribution < 1.29 is 14.4 Å². The largest absolute Gasteiger partial charge is 0.710 e. The van der Waals surface area contributed by atoms with Crippen LogP contribution in [0.1, 0.15) is 0 Å². The van der Waals surface area contributed by atoms with Gasteiger partial charge in [-0.1, -0.05) is 0 Å². The van der Waals surface area contributed by atoms with Gasteiger partial charge in [-0.05, 0) is 16.9 Å². The average molecular weight is 166 g/mol. The molecule has 2 rings (SSSR count). The van der Waals surface area contributed by atoms with Crippen LogP contribution >= 0.6 is 0 Å². The van der Waals surface area contributed by atoms with E-state index in [-0.39, 0.29) is 5.82 Å². The molecule has 5 heteroatoms. The van der Waals surface area contributed by atoms with Crippen LogP contribution in [0.25, 0.3) is 11.6 Å². The molecule has 2 aromatic heterocycles. The van der Waals surface area contributed by atoms with Crippen LogP contribution in [0.5, 0.6) is 0 Å². The molecule has 0 aromatic carbocycles. The summed E-state index contributed by atoms with van der Waals surface area (Å²) in [6.07, 6.45) is 3.87. The Labute approximate surface area is 67.6 Å². The normalized spacial score (nSPS) is 10.3. The predicted molar refractivity (Wildman–Crippen MR) is 38.3 cm³/mol. The molecule has 2 heterocycles. The molecule has 62 valence electrons. The standard InChI is InChI=1S/C7H6N2O3/c10-8-3-4-9(11)7(8)6-2-1-5-12-6/h1-5,10H. The van der Waals surface area contributed by atoms with Gasteiger partial charge in [-0.25, -0.2) is 4.73 Å². The van der Waals surface area contributed by atoms with Gasteiger partial charge in [0, 0.05) is 0 Å².